The zero-order valence-electron chi connectivity index (χ0n) is 10.5. The van der Waals surface area contributed by atoms with E-state index in [1.54, 1.807) is 18.5 Å². The summed E-state index contributed by atoms with van der Waals surface area (Å²) in [6.07, 6.45) is 4.58. The maximum atomic E-state index is 12.0. The van der Waals surface area contributed by atoms with E-state index in [1.807, 2.05) is 13.8 Å². The van der Waals surface area contributed by atoms with Crippen LogP contribution in [0.4, 0.5) is 0 Å². The van der Waals surface area contributed by atoms with E-state index in [-0.39, 0.29) is 11.7 Å². The molecular weight excluding hydrogens is 216 g/mol. The fourth-order valence-corrected chi connectivity index (χ4v) is 1.59. The Balaban J connectivity index is 2.71. The fraction of sp³-hybridized carbons (Fsp3) is 0.538. The summed E-state index contributed by atoms with van der Waals surface area (Å²) in [6.45, 7) is 5.05. The first kappa shape index (κ1) is 13.6. The van der Waals surface area contributed by atoms with Crippen LogP contribution in [0.3, 0.4) is 0 Å². The topological polar surface area (TPSA) is 65.2 Å². The summed E-state index contributed by atoms with van der Waals surface area (Å²) in [5, 5.41) is 0. The Morgan fingerprint density at radius 1 is 1.47 bits per heavy atom. The average Bonchev–Trinajstić information content (AvgIpc) is 2.36. The lowest BCUT2D eigenvalue weighted by Crippen LogP contribution is -2.17. The average molecular weight is 236 g/mol. The molecule has 0 amide bonds. The van der Waals surface area contributed by atoms with Gasteiger partial charge in [0, 0.05) is 18.2 Å². The Morgan fingerprint density at radius 2 is 2.24 bits per heavy atom. The van der Waals surface area contributed by atoms with Crippen LogP contribution in [0.1, 0.15) is 37.0 Å². The number of pyridine rings is 1. The second-order valence-electron chi connectivity index (χ2n) is 3.98. The fourth-order valence-electron chi connectivity index (χ4n) is 1.59. The number of aromatic nitrogens is 1. The molecule has 4 nitrogen and oxygen atoms in total. The van der Waals surface area contributed by atoms with E-state index in [9.17, 15) is 4.79 Å². The van der Waals surface area contributed by atoms with Crippen molar-refractivity contribution in [3.8, 4) is 5.75 Å². The standard InChI is InChI=1S/C13H20N2O2/c1-3-10(7-14)5-13(16)11-6-12(17-4-2)9-15-8-11/h6,8-10H,3-5,7,14H2,1-2H3. The minimum atomic E-state index is 0.0800. The quantitative estimate of drug-likeness (QED) is 0.736. The Bertz CT molecular complexity index is 362. The van der Waals surface area contributed by atoms with Gasteiger partial charge in [-0.15, -0.1) is 0 Å². The number of rotatable bonds is 7. The molecule has 0 aliphatic carbocycles. The van der Waals surface area contributed by atoms with Crippen LogP contribution in [0.2, 0.25) is 0 Å². The van der Waals surface area contributed by atoms with Gasteiger partial charge in [0.1, 0.15) is 5.75 Å². The molecular formula is C13H20N2O2. The third-order valence-electron chi connectivity index (χ3n) is 2.73. The number of carbonyl (C=O) groups is 1. The van der Waals surface area contributed by atoms with Gasteiger partial charge in [-0.3, -0.25) is 9.78 Å². The summed E-state index contributed by atoms with van der Waals surface area (Å²) in [5.41, 5.74) is 6.19. The van der Waals surface area contributed by atoms with Crippen LogP contribution in [0, 0.1) is 5.92 Å². The van der Waals surface area contributed by atoms with Gasteiger partial charge in [-0.05, 0) is 25.5 Å². The van der Waals surface area contributed by atoms with E-state index < -0.39 is 0 Å². The molecule has 1 atom stereocenters. The van der Waals surface area contributed by atoms with Crippen molar-refractivity contribution in [3.63, 3.8) is 0 Å². The molecule has 1 rings (SSSR count). The minimum absolute atomic E-state index is 0.0800. The second kappa shape index (κ2) is 7.01. The number of nitrogens with zero attached hydrogens (tertiary/aromatic N) is 1. The van der Waals surface area contributed by atoms with Crippen molar-refractivity contribution in [2.45, 2.75) is 26.7 Å². The highest BCUT2D eigenvalue weighted by molar-refractivity contribution is 5.96. The van der Waals surface area contributed by atoms with E-state index >= 15 is 0 Å². The lowest BCUT2D eigenvalue weighted by Gasteiger charge is -2.11. The SMILES string of the molecule is CCOc1cncc(C(=O)CC(CC)CN)c1. The van der Waals surface area contributed by atoms with Gasteiger partial charge >= 0.3 is 0 Å². The lowest BCUT2D eigenvalue weighted by molar-refractivity contribution is 0.0960. The molecule has 0 spiro atoms. The normalized spacial score (nSPS) is 12.2. The Kier molecular flexibility index (Phi) is 5.63. The van der Waals surface area contributed by atoms with E-state index in [4.69, 9.17) is 10.5 Å². The predicted octanol–water partition coefficient (Wildman–Crippen LogP) is 2.04. The van der Waals surface area contributed by atoms with Gasteiger partial charge in [0.05, 0.1) is 12.8 Å². The first-order chi connectivity index (χ1) is 8.21. The van der Waals surface area contributed by atoms with E-state index in [0.29, 0.717) is 30.9 Å². The number of Topliss-reactive ketones (excluding diaryl/α,β-unsaturated/α-hetero) is 1. The summed E-state index contributed by atoms with van der Waals surface area (Å²) in [4.78, 5) is 16.0. The van der Waals surface area contributed by atoms with Gasteiger partial charge in [0.2, 0.25) is 0 Å². The predicted molar refractivity (Wildman–Crippen MR) is 67.2 cm³/mol. The van der Waals surface area contributed by atoms with Gasteiger partial charge in [-0.2, -0.15) is 0 Å². The Morgan fingerprint density at radius 3 is 2.82 bits per heavy atom. The van der Waals surface area contributed by atoms with Crippen LogP contribution in [-0.4, -0.2) is 23.9 Å². The number of ether oxygens (including phenoxy) is 1. The van der Waals surface area contributed by atoms with Gasteiger partial charge in [0.25, 0.3) is 0 Å². The third-order valence-corrected chi connectivity index (χ3v) is 2.73. The third kappa shape index (κ3) is 4.15. The van der Waals surface area contributed by atoms with Crippen molar-refractivity contribution in [2.24, 2.45) is 11.7 Å². The van der Waals surface area contributed by atoms with E-state index in [2.05, 4.69) is 4.98 Å². The van der Waals surface area contributed by atoms with Crippen molar-refractivity contribution in [2.75, 3.05) is 13.2 Å². The van der Waals surface area contributed by atoms with E-state index in [1.165, 1.54) is 0 Å². The van der Waals surface area contributed by atoms with Crippen LogP contribution in [-0.2, 0) is 0 Å². The number of ketones is 1. The molecule has 0 bridgehead atoms. The maximum absolute atomic E-state index is 12.0. The van der Waals surface area contributed by atoms with Crippen molar-refractivity contribution >= 4 is 5.78 Å². The first-order valence-electron chi connectivity index (χ1n) is 6.02. The zero-order chi connectivity index (χ0) is 12.7. The summed E-state index contributed by atoms with van der Waals surface area (Å²) in [6, 6.07) is 1.74. The molecule has 94 valence electrons. The molecule has 0 aliphatic heterocycles. The molecule has 0 fully saturated rings. The highest BCUT2D eigenvalue weighted by Crippen LogP contribution is 2.16. The number of carbonyl (C=O) groups excluding carboxylic acids is 1. The van der Waals surface area contributed by atoms with E-state index in [0.717, 1.165) is 6.42 Å². The lowest BCUT2D eigenvalue weighted by atomic mass is 9.97. The maximum Gasteiger partial charge on any atom is 0.164 e. The van der Waals surface area contributed by atoms with Crippen LogP contribution in [0.5, 0.6) is 5.75 Å². The summed E-state index contributed by atoms with van der Waals surface area (Å²) in [7, 11) is 0. The van der Waals surface area contributed by atoms with Crippen LogP contribution >= 0.6 is 0 Å². The zero-order valence-corrected chi connectivity index (χ0v) is 10.5. The number of hydrogen-bond donors (Lipinski definition) is 1. The smallest absolute Gasteiger partial charge is 0.164 e. The van der Waals surface area contributed by atoms with Gasteiger partial charge in [0.15, 0.2) is 5.78 Å². The molecule has 17 heavy (non-hydrogen) atoms. The molecule has 0 saturated carbocycles. The van der Waals surface area contributed by atoms with Crippen molar-refractivity contribution in [1.82, 2.24) is 4.98 Å². The largest absolute Gasteiger partial charge is 0.492 e. The molecule has 0 aliphatic rings. The molecule has 4 heteroatoms. The second-order valence-corrected chi connectivity index (χ2v) is 3.98. The molecule has 0 aromatic carbocycles. The Labute approximate surface area is 102 Å². The highest BCUT2D eigenvalue weighted by Gasteiger charge is 2.13. The van der Waals surface area contributed by atoms with Crippen molar-refractivity contribution in [3.05, 3.63) is 24.0 Å². The molecule has 1 unspecified atom stereocenters. The molecule has 1 aromatic rings. The number of nitrogens with two attached hydrogens (primary N) is 1. The summed E-state index contributed by atoms with van der Waals surface area (Å²) < 4.78 is 5.31. The van der Waals surface area contributed by atoms with Crippen LogP contribution in [0.15, 0.2) is 18.5 Å². The molecule has 1 aromatic heterocycles. The molecule has 0 saturated heterocycles. The molecule has 0 radical (unpaired) electrons. The van der Waals surface area contributed by atoms with Gasteiger partial charge < -0.3 is 10.5 Å². The van der Waals surface area contributed by atoms with Crippen LogP contribution in [0.25, 0.3) is 0 Å². The first-order valence-corrected chi connectivity index (χ1v) is 6.02. The minimum Gasteiger partial charge on any atom is -0.492 e. The van der Waals surface area contributed by atoms with Gasteiger partial charge in [-0.25, -0.2) is 0 Å². The van der Waals surface area contributed by atoms with Gasteiger partial charge in [-0.1, -0.05) is 13.3 Å². The highest BCUT2D eigenvalue weighted by atomic mass is 16.5. The monoisotopic (exact) mass is 236 g/mol. The molecule has 2 N–H and O–H groups in total. The van der Waals surface area contributed by atoms with Crippen LogP contribution < -0.4 is 10.5 Å². The summed E-state index contributed by atoms with van der Waals surface area (Å²) in [5.74, 6) is 0.966. The molecule has 1 heterocycles. The Hall–Kier alpha value is -1.42. The number of hydrogen-bond acceptors (Lipinski definition) is 4. The van der Waals surface area contributed by atoms with Crippen molar-refractivity contribution in [1.29, 1.82) is 0 Å². The summed E-state index contributed by atoms with van der Waals surface area (Å²) >= 11 is 0. The van der Waals surface area contributed by atoms with Crippen molar-refractivity contribution < 1.29 is 9.53 Å².